The Morgan fingerprint density at radius 2 is 2.37 bits per heavy atom. The van der Waals surface area contributed by atoms with Crippen molar-refractivity contribution < 1.29 is 4.79 Å². The molecule has 2 aromatic rings. The first-order valence-corrected chi connectivity index (χ1v) is 7.23. The van der Waals surface area contributed by atoms with Gasteiger partial charge in [-0.05, 0) is 13.5 Å². The van der Waals surface area contributed by atoms with E-state index in [1.165, 1.54) is 0 Å². The molecule has 3 N–H and O–H groups in total. The lowest BCUT2D eigenvalue weighted by Gasteiger charge is -2.20. The molecule has 7 heteroatoms. The fraction of sp³-hybridized carbons (Fsp3) is 0.500. The van der Waals surface area contributed by atoms with E-state index in [-0.39, 0.29) is 12.5 Å². The Morgan fingerprint density at radius 1 is 1.58 bits per heavy atom. The summed E-state index contributed by atoms with van der Waals surface area (Å²) in [7, 11) is 0. The molecule has 2 rings (SSSR count). The van der Waals surface area contributed by atoms with Gasteiger partial charge in [-0.25, -0.2) is 4.98 Å². The van der Waals surface area contributed by atoms with E-state index >= 15 is 0 Å². The van der Waals surface area contributed by atoms with E-state index in [1.807, 2.05) is 23.4 Å². The number of imidazole rings is 1. The monoisotopic (exact) mass is 281 g/mol. The van der Waals surface area contributed by atoms with Gasteiger partial charge in [0, 0.05) is 24.7 Å². The Labute approximate surface area is 116 Å². The minimum absolute atomic E-state index is 0.195. The molecule has 19 heavy (non-hydrogen) atoms. The van der Waals surface area contributed by atoms with Crippen molar-refractivity contribution in [1.82, 2.24) is 14.7 Å². The van der Waals surface area contributed by atoms with Crippen LogP contribution in [0.1, 0.15) is 19.5 Å². The topological polar surface area (TPSA) is 75.7 Å². The number of nitrogens with two attached hydrogens (primary N) is 1. The van der Waals surface area contributed by atoms with E-state index < -0.39 is 0 Å². The van der Waals surface area contributed by atoms with Gasteiger partial charge >= 0.3 is 0 Å². The number of carbonyl (C=O) groups is 1. The second kappa shape index (κ2) is 6.03. The van der Waals surface area contributed by atoms with Crippen molar-refractivity contribution in [3.63, 3.8) is 0 Å². The number of nitrogens with zero attached hydrogens (tertiary/aromatic N) is 3. The van der Waals surface area contributed by atoms with Crippen molar-refractivity contribution >= 4 is 28.0 Å². The Balaban J connectivity index is 2.38. The highest BCUT2D eigenvalue weighted by Gasteiger charge is 2.18. The molecule has 0 spiro atoms. The van der Waals surface area contributed by atoms with Gasteiger partial charge in [-0.2, -0.15) is 0 Å². The SMILES string of the molecule is CCNCc1c(N(CC)CC(N)=O)nc2sccn12. The zero-order valence-corrected chi connectivity index (χ0v) is 12.0. The van der Waals surface area contributed by atoms with Crippen LogP contribution in [0.25, 0.3) is 4.96 Å². The Kier molecular flexibility index (Phi) is 4.39. The quantitative estimate of drug-likeness (QED) is 0.788. The molecule has 0 aliphatic carbocycles. The van der Waals surface area contributed by atoms with Gasteiger partial charge in [0.15, 0.2) is 10.8 Å². The number of primary amides is 1. The largest absolute Gasteiger partial charge is 0.368 e. The first kappa shape index (κ1) is 13.8. The summed E-state index contributed by atoms with van der Waals surface area (Å²) in [6, 6.07) is 0. The molecular formula is C12H19N5OS. The normalized spacial score (nSPS) is 11.1. The number of nitrogens with one attached hydrogen (secondary N) is 1. The third-order valence-corrected chi connectivity index (χ3v) is 3.67. The lowest BCUT2D eigenvalue weighted by molar-refractivity contribution is -0.116. The number of thiazole rings is 1. The van der Waals surface area contributed by atoms with E-state index in [9.17, 15) is 4.79 Å². The van der Waals surface area contributed by atoms with Crippen LogP contribution in [0.4, 0.5) is 5.82 Å². The van der Waals surface area contributed by atoms with Gasteiger partial charge in [-0.1, -0.05) is 6.92 Å². The van der Waals surface area contributed by atoms with Crippen LogP contribution in [-0.2, 0) is 11.3 Å². The molecule has 0 aliphatic rings. The third-order valence-electron chi connectivity index (χ3n) is 2.91. The highest BCUT2D eigenvalue weighted by Crippen LogP contribution is 2.24. The molecule has 2 heterocycles. The van der Waals surface area contributed by atoms with Crippen LogP contribution in [-0.4, -0.2) is 34.9 Å². The van der Waals surface area contributed by atoms with Gasteiger partial charge in [-0.3, -0.25) is 9.20 Å². The molecule has 0 saturated carbocycles. The average Bonchev–Trinajstić information content (AvgIpc) is 2.94. The predicted molar refractivity (Wildman–Crippen MR) is 77.5 cm³/mol. The zero-order chi connectivity index (χ0) is 13.8. The molecule has 104 valence electrons. The Bertz CT molecular complexity index is 561. The molecule has 0 aromatic carbocycles. The maximum Gasteiger partial charge on any atom is 0.236 e. The number of hydrogen-bond acceptors (Lipinski definition) is 5. The van der Waals surface area contributed by atoms with Crippen molar-refractivity contribution in [2.75, 3.05) is 24.5 Å². The van der Waals surface area contributed by atoms with Crippen LogP contribution in [0.15, 0.2) is 11.6 Å². The molecule has 0 bridgehead atoms. The van der Waals surface area contributed by atoms with E-state index in [0.717, 1.165) is 29.6 Å². The molecule has 0 fully saturated rings. The molecule has 0 saturated heterocycles. The first-order chi connectivity index (χ1) is 9.17. The third kappa shape index (κ3) is 2.87. The lowest BCUT2D eigenvalue weighted by Crippen LogP contribution is -2.34. The van der Waals surface area contributed by atoms with Gasteiger partial charge < -0.3 is 16.0 Å². The summed E-state index contributed by atoms with van der Waals surface area (Å²) in [4.78, 5) is 18.6. The number of anilines is 1. The highest BCUT2D eigenvalue weighted by atomic mass is 32.1. The van der Waals surface area contributed by atoms with Crippen LogP contribution in [0.3, 0.4) is 0 Å². The molecular weight excluding hydrogens is 262 g/mol. The van der Waals surface area contributed by atoms with Crippen LogP contribution < -0.4 is 16.0 Å². The standard InChI is InChI=1S/C12H19N5OS/c1-3-14-7-9-11(16(4-2)8-10(13)18)15-12-17(9)5-6-19-12/h5-6,14H,3-4,7-8H2,1-2H3,(H2,13,18). The number of hydrogen-bond donors (Lipinski definition) is 2. The predicted octanol–water partition coefficient (Wildman–Crippen LogP) is 0.817. The van der Waals surface area contributed by atoms with E-state index in [0.29, 0.717) is 6.54 Å². The highest BCUT2D eigenvalue weighted by molar-refractivity contribution is 7.15. The summed E-state index contributed by atoms with van der Waals surface area (Å²) in [6.45, 7) is 6.56. The summed E-state index contributed by atoms with van der Waals surface area (Å²) in [6.07, 6.45) is 2.00. The summed E-state index contributed by atoms with van der Waals surface area (Å²) >= 11 is 1.58. The first-order valence-electron chi connectivity index (χ1n) is 6.35. The van der Waals surface area contributed by atoms with Gasteiger partial charge in [0.2, 0.25) is 5.91 Å². The van der Waals surface area contributed by atoms with Crippen molar-refractivity contribution in [2.24, 2.45) is 5.73 Å². The van der Waals surface area contributed by atoms with Crippen LogP contribution in [0.5, 0.6) is 0 Å². The van der Waals surface area contributed by atoms with Gasteiger partial charge in [0.05, 0.1) is 12.2 Å². The van der Waals surface area contributed by atoms with E-state index in [1.54, 1.807) is 11.3 Å². The molecule has 6 nitrogen and oxygen atoms in total. The second-order valence-corrected chi connectivity index (χ2v) is 5.07. The summed E-state index contributed by atoms with van der Waals surface area (Å²) in [5, 5.41) is 5.31. The second-order valence-electron chi connectivity index (χ2n) is 4.20. The van der Waals surface area contributed by atoms with Crippen LogP contribution in [0, 0.1) is 0 Å². The summed E-state index contributed by atoms with van der Waals surface area (Å²) in [5.74, 6) is 0.502. The van der Waals surface area contributed by atoms with Crippen LogP contribution >= 0.6 is 11.3 Å². The van der Waals surface area contributed by atoms with Crippen molar-refractivity contribution in [2.45, 2.75) is 20.4 Å². The number of rotatable bonds is 7. The number of likely N-dealkylation sites (N-methyl/N-ethyl adjacent to an activating group) is 1. The summed E-state index contributed by atoms with van der Waals surface area (Å²) < 4.78 is 2.06. The van der Waals surface area contributed by atoms with E-state index in [2.05, 4.69) is 21.6 Å². The molecule has 1 amide bonds. The fourth-order valence-electron chi connectivity index (χ4n) is 2.01. The average molecular weight is 281 g/mol. The number of aromatic nitrogens is 2. The minimum atomic E-state index is -0.340. The summed E-state index contributed by atoms with van der Waals surface area (Å²) in [5.41, 5.74) is 6.37. The van der Waals surface area contributed by atoms with Gasteiger partial charge in [-0.15, -0.1) is 11.3 Å². The minimum Gasteiger partial charge on any atom is -0.368 e. The maximum atomic E-state index is 11.2. The molecule has 0 aliphatic heterocycles. The molecule has 0 atom stereocenters. The maximum absolute atomic E-state index is 11.2. The van der Waals surface area contributed by atoms with Gasteiger partial charge in [0.1, 0.15) is 0 Å². The number of carbonyl (C=O) groups excluding carboxylic acids is 1. The van der Waals surface area contributed by atoms with Crippen molar-refractivity contribution in [3.05, 3.63) is 17.3 Å². The Morgan fingerprint density at radius 3 is 3.00 bits per heavy atom. The Hall–Kier alpha value is -1.60. The molecule has 0 radical (unpaired) electrons. The molecule has 2 aromatic heterocycles. The molecule has 0 unspecified atom stereocenters. The lowest BCUT2D eigenvalue weighted by atomic mass is 10.3. The van der Waals surface area contributed by atoms with Crippen molar-refractivity contribution in [1.29, 1.82) is 0 Å². The van der Waals surface area contributed by atoms with Gasteiger partial charge in [0.25, 0.3) is 0 Å². The van der Waals surface area contributed by atoms with Crippen molar-refractivity contribution in [3.8, 4) is 0 Å². The smallest absolute Gasteiger partial charge is 0.236 e. The number of fused-ring (bicyclic) bond motifs is 1. The fourth-order valence-corrected chi connectivity index (χ4v) is 2.73. The zero-order valence-electron chi connectivity index (χ0n) is 11.2. The number of amides is 1. The van der Waals surface area contributed by atoms with Crippen LogP contribution in [0.2, 0.25) is 0 Å². The van der Waals surface area contributed by atoms with E-state index in [4.69, 9.17) is 5.73 Å².